The summed E-state index contributed by atoms with van der Waals surface area (Å²) in [5, 5.41) is 4.25. The van der Waals surface area contributed by atoms with E-state index in [0.717, 1.165) is 22.8 Å². The lowest BCUT2D eigenvalue weighted by molar-refractivity contribution is -0.0739. The number of aryl methyl sites for hydroxylation is 1. The van der Waals surface area contributed by atoms with Gasteiger partial charge in [0.2, 0.25) is 0 Å². The summed E-state index contributed by atoms with van der Waals surface area (Å²) in [4.78, 5) is 0. The van der Waals surface area contributed by atoms with Crippen LogP contribution in [0.15, 0.2) is 18.2 Å². The van der Waals surface area contributed by atoms with Gasteiger partial charge in [-0.15, -0.1) is 0 Å². The van der Waals surface area contributed by atoms with Crippen LogP contribution in [0.3, 0.4) is 0 Å². The van der Waals surface area contributed by atoms with Crippen molar-refractivity contribution in [2.45, 2.75) is 51.2 Å². The molecule has 0 bridgehead atoms. The summed E-state index contributed by atoms with van der Waals surface area (Å²) in [6, 6.07) is 6.53. The molecule has 2 aliphatic rings. The van der Waals surface area contributed by atoms with E-state index in [4.69, 9.17) is 16.3 Å². The van der Waals surface area contributed by atoms with Gasteiger partial charge in [-0.25, -0.2) is 0 Å². The van der Waals surface area contributed by atoms with E-state index in [1.807, 2.05) is 18.2 Å². The van der Waals surface area contributed by atoms with Gasteiger partial charge in [-0.1, -0.05) is 24.4 Å². The molecule has 1 aromatic rings. The maximum Gasteiger partial charge on any atom is 0.122 e. The number of hydrogen-bond donors (Lipinski definition) is 1. The van der Waals surface area contributed by atoms with E-state index in [-0.39, 0.29) is 0 Å². The predicted octanol–water partition coefficient (Wildman–Crippen LogP) is 3.95. The highest BCUT2D eigenvalue weighted by Gasteiger charge is 2.57. The zero-order valence-electron chi connectivity index (χ0n) is 11.7. The molecule has 0 saturated heterocycles. The summed E-state index contributed by atoms with van der Waals surface area (Å²) in [5.74, 6) is 0.996. The zero-order valence-corrected chi connectivity index (χ0v) is 12.5. The van der Waals surface area contributed by atoms with Crippen molar-refractivity contribution >= 4 is 11.6 Å². The molecule has 2 atom stereocenters. The number of hydrogen-bond acceptors (Lipinski definition) is 2. The minimum absolute atomic E-state index is 0.368. The van der Waals surface area contributed by atoms with Crippen molar-refractivity contribution in [3.63, 3.8) is 0 Å². The number of nitrogens with one attached hydrogen (secondary N) is 1. The minimum atomic E-state index is 0.368. The van der Waals surface area contributed by atoms with Crippen LogP contribution in [0.25, 0.3) is 0 Å². The normalized spacial score (nSPS) is 28.4. The SMILES string of the molecule is CNC1CC(Oc2ccc(Cl)cc2C)C12CCCC2. The van der Waals surface area contributed by atoms with E-state index in [1.165, 1.54) is 25.7 Å². The number of rotatable bonds is 3. The van der Waals surface area contributed by atoms with Gasteiger partial charge in [-0.2, -0.15) is 0 Å². The summed E-state index contributed by atoms with van der Waals surface area (Å²) < 4.78 is 6.31. The lowest BCUT2D eigenvalue weighted by Gasteiger charge is -2.53. The molecule has 1 N–H and O–H groups in total. The Kier molecular flexibility index (Phi) is 3.48. The van der Waals surface area contributed by atoms with Crippen LogP contribution in [-0.2, 0) is 0 Å². The van der Waals surface area contributed by atoms with E-state index in [0.29, 0.717) is 17.6 Å². The Morgan fingerprint density at radius 1 is 1.32 bits per heavy atom. The van der Waals surface area contributed by atoms with Crippen LogP contribution in [0, 0.1) is 12.3 Å². The molecular formula is C16H22ClNO. The maximum absolute atomic E-state index is 6.31. The number of ether oxygens (including phenoxy) is 1. The molecule has 0 aliphatic heterocycles. The van der Waals surface area contributed by atoms with Crippen molar-refractivity contribution in [2.24, 2.45) is 5.41 Å². The molecule has 0 amide bonds. The highest BCUT2D eigenvalue weighted by Crippen LogP contribution is 2.54. The van der Waals surface area contributed by atoms with E-state index in [1.54, 1.807) is 0 Å². The first-order valence-corrected chi connectivity index (χ1v) is 7.63. The van der Waals surface area contributed by atoms with Crippen molar-refractivity contribution in [3.05, 3.63) is 28.8 Å². The molecule has 2 saturated carbocycles. The highest BCUT2D eigenvalue weighted by molar-refractivity contribution is 6.30. The third-order valence-electron chi connectivity index (χ3n) is 5.07. The summed E-state index contributed by atoms with van der Waals surface area (Å²) in [7, 11) is 2.08. The first kappa shape index (κ1) is 13.3. The second-order valence-electron chi connectivity index (χ2n) is 6.03. The highest BCUT2D eigenvalue weighted by atomic mass is 35.5. The molecule has 19 heavy (non-hydrogen) atoms. The van der Waals surface area contributed by atoms with Crippen LogP contribution in [0.5, 0.6) is 5.75 Å². The molecule has 3 heteroatoms. The third kappa shape index (κ3) is 2.15. The van der Waals surface area contributed by atoms with Crippen LogP contribution < -0.4 is 10.1 Å². The average Bonchev–Trinajstić information content (AvgIpc) is 2.88. The van der Waals surface area contributed by atoms with Gasteiger partial charge in [0.25, 0.3) is 0 Å². The fourth-order valence-corrected chi connectivity index (χ4v) is 4.15. The molecule has 2 aliphatic carbocycles. The Labute approximate surface area is 120 Å². The van der Waals surface area contributed by atoms with Gasteiger partial charge in [0.1, 0.15) is 11.9 Å². The molecular weight excluding hydrogens is 258 g/mol. The monoisotopic (exact) mass is 279 g/mol. The topological polar surface area (TPSA) is 21.3 Å². The Morgan fingerprint density at radius 3 is 2.68 bits per heavy atom. The summed E-state index contributed by atoms with van der Waals surface area (Å²) in [6.45, 7) is 2.07. The quantitative estimate of drug-likeness (QED) is 0.905. The molecule has 0 heterocycles. The van der Waals surface area contributed by atoms with E-state index in [2.05, 4.69) is 19.3 Å². The van der Waals surface area contributed by atoms with Gasteiger partial charge in [0.15, 0.2) is 0 Å². The van der Waals surface area contributed by atoms with Crippen molar-refractivity contribution in [2.75, 3.05) is 7.05 Å². The van der Waals surface area contributed by atoms with E-state index >= 15 is 0 Å². The molecule has 2 nitrogen and oxygen atoms in total. The molecule has 1 aromatic carbocycles. The van der Waals surface area contributed by atoms with Gasteiger partial charge < -0.3 is 10.1 Å². The lowest BCUT2D eigenvalue weighted by atomic mass is 9.60. The largest absolute Gasteiger partial charge is 0.489 e. The van der Waals surface area contributed by atoms with E-state index in [9.17, 15) is 0 Å². The predicted molar refractivity (Wildman–Crippen MR) is 79.0 cm³/mol. The zero-order chi connectivity index (χ0) is 13.5. The van der Waals surface area contributed by atoms with Crippen molar-refractivity contribution in [1.82, 2.24) is 5.32 Å². The Morgan fingerprint density at radius 2 is 2.05 bits per heavy atom. The third-order valence-corrected chi connectivity index (χ3v) is 5.31. The Balaban J connectivity index is 1.77. The standard InChI is InChI=1S/C16H22ClNO/c1-11-9-12(17)5-6-13(11)19-15-10-14(18-2)16(15)7-3-4-8-16/h5-6,9,14-15,18H,3-4,7-8,10H2,1-2H3. The first-order chi connectivity index (χ1) is 9.15. The van der Waals surface area contributed by atoms with Gasteiger partial charge in [-0.3, -0.25) is 0 Å². The molecule has 2 fully saturated rings. The van der Waals surface area contributed by atoms with Gasteiger partial charge >= 0.3 is 0 Å². The van der Waals surface area contributed by atoms with Crippen LogP contribution in [0.1, 0.15) is 37.7 Å². The van der Waals surface area contributed by atoms with E-state index < -0.39 is 0 Å². The van der Waals surface area contributed by atoms with Gasteiger partial charge in [-0.05, 0) is 50.6 Å². The fourth-order valence-electron chi connectivity index (χ4n) is 3.92. The van der Waals surface area contributed by atoms with Crippen molar-refractivity contribution < 1.29 is 4.74 Å². The molecule has 0 radical (unpaired) electrons. The van der Waals surface area contributed by atoms with Crippen molar-refractivity contribution in [3.8, 4) is 5.75 Å². The summed E-state index contributed by atoms with van der Waals surface area (Å²) in [5.41, 5.74) is 1.51. The summed E-state index contributed by atoms with van der Waals surface area (Å²) in [6.07, 6.45) is 6.78. The lowest BCUT2D eigenvalue weighted by Crippen LogP contribution is -2.63. The first-order valence-electron chi connectivity index (χ1n) is 7.26. The van der Waals surface area contributed by atoms with Crippen molar-refractivity contribution in [1.29, 1.82) is 0 Å². The molecule has 104 valence electrons. The summed E-state index contributed by atoms with van der Waals surface area (Å²) >= 11 is 6.00. The molecule has 2 unspecified atom stereocenters. The van der Waals surface area contributed by atoms with Crippen LogP contribution >= 0.6 is 11.6 Å². The maximum atomic E-state index is 6.31. The Hall–Kier alpha value is -0.730. The van der Waals surface area contributed by atoms with Gasteiger partial charge in [0.05, 0.1) is 0 Å². The smallest absolute Gasteiger partial charge is 0.122 e. The number of halogens is 1. The Bertz CT molecular complexity index is 468. The fraction of sp³-hybridized carbons (Fsp3) is 0.625. The van der Waals surface area contributed by atoms with Crippen LogP contribution in [0.2, 0.25) is 5.02 Å². The molecule has 3 rings (SSSR count). The minimum Gasteiger partial charge on any atom is -0.489 e. The molecule has 1 spiro atoms. The van der Waals surface area contributed by atoms with Gasteiger partial charge in [0, 0.05) is 22.9 Å². The second kappa shape index (κ2) is 4.99. The average molecular weight is 280 g/mol. The molecule has 0 aromatic heterocycles. The van der Waals surface area contributed by atoms with Crippen LogP contribution in [0.4, 0.5) is 0 Å². The second-order valence-corrected chi connectivity index (χ2v) is 6.47. The number of benzene rings is 1. The van der Waals surface area contributed by atoms with Crippen LogP contribution in [-0.4, -0.2) is 19.2 Å².